The first-order chi connectivity index (χ1) is 11.1. The number of primary amides is 1. The maximum Gasteiger partial charge on any atom is 0.312 e. The lowest BCUT2D eigenvalue weighted by atomic mass is 10.1. The Morgan fingerprint density at radius 3 is 2.22 bits per heavy atom. The number of hydrogen-bond acceptors (Lipinski definition) is 2. The van der Waals surface area contributed by atoms with Crippen molar-refractivity contribution in [2.24, 2.45) is 5.73 Å². The van der Waals surface area contributed by atoms with Crippen LogP contribution in [0.1, 0.15) is 18.1 Å². The molecule has 2 rings (SSSR count). The Morgan fingerprint density at radius 1 is 1.00 bits per heavy atom. The minimum absolute atomic E-state index is 0.295. The summed E-state index contributed by atoms with van der Waals surface area (Å²) in [5, 5.41) is 5.31. The van der Waals surface area contributed by atoms with Crippen molar-refractivity contribution in [3.8, 4) is 0 Å². The van der Waals surface area contributed by atoms with E-state index in [0.717, 1.165) is 12.0 Å². The molecule has 0 heterocycles. The fraction of sp³-hybridized carbons (Fsp3) is 0.222. The fourth-order valence-corrected chi connectivity index (χ4v) is 2.28. The minimum atomic E-state index is -0.722. The zero-order valence-electron chi connectivity index (χ0n) is 13.1. The van der Waals surface area contributed by atoms with Gasteiger partial charge in [0.2, 0.25) is 5.91 Å². The Balaban J connectivity index is 2.07. The lowest BCUT2D eigenvalue weighted by molar-refractivity contribution is -0.117. The van der Waals surface area contributed by atoms with E-state index in [1.54, 1.807) is 0 Å². The van der Waals surface area contributed by atoms with Crippen molar-refractivity contribution in [3.05, 3.63) is 65.7 Å². The summed E-state index contributed by atoms with van der Waals surface area (Å²) < 4.78 is 0. The Labute approximate surface area is 135 Å². The molecule has 0 aliphatic heterocycles. The molecule has 4 N–H and O–H groups in total. The highest BCUT2D eigenvalue weighted by Gasteiger charge is 2.20. The molecule has 0 radical (unpaired) electrons. The average Bonchev–Trinajstić information content (AvgIpc) is 2.55. The van der Waals surface area contributed by atoms with Gasteiger partial charge in [-0.05, 0) is 29.7 Å². The fourth-order valence-electron chi connectivity index (χ4n) is 2.28. The van der Waals surface area contributed by atoms with Gasteiger partial charge in [0.25, 0.3) is 0 Å². The first-order valence-corrected chi connectivity index (χ1v) is 7.58. The van der Waals surface area contributed by atoms with Crippen LogP contribution in [0.15, 0.2) is 54.6 Å². The summed E-state index contributed by atoms with van der Waals surface area (Å²) in [6.45, 7) is 2.07. The monoisotopic (exact) mass is 311 g/mol. The number of carbonyl (C=O) groups is 2. The van der Waals surface area contributed by atoms with Gasteiger partial charge in [0.05, 0.1) is 0 Å². The number of urea groups is 1. The minimum Gasteiger partial charge on any atom is -0.352 e. The zero-order valence-corrected chi connectivity index (χ0v) is 13.1. The number of amides is 3. The molecule has 3 amide bonds. The molecule has 0 aliphatic carbocycles. The summed E-state index contributed by atoms with van der Waals surface area (Å²) in [4.78, 5) is 23.6. The molecule has 5 heteroatoms. The quantitative estimate of drug-likeness (QED) is 0.765. The molecule has 0 aromatic heterocycles. The highest BCUT2D eigenvalue weighted by molar-refractivity contribution is 5.97. The van der Waals surface area contributed by atoms with Crippen molar-refractivity contribution >= 4 is 17.6 Å². The highest BCUT2D eigenvalue weighted by atomic mass is 16.2. The van der Waals surface area contributed by atoms with Gasteiger partial charge in [-0.25, -0.2) is 4.79 Å². The van der Waals surface area contributed by atoms with Crippen LogP contribution in [0.25, 0.3) is 0 Å². The second kappa shape index (κ2) is 7.98. The van der Waals surface area contributed by atoms with Gasteiger partial charge in [0, 0.05) is 12.1 Å². The number of nitrogens with two attached hydrogens (primary N) is 1. The van der Waals surface area contributed by atoms with E-state index in [1.807, 2.05) is 54.6 Å². The summed E-state index contributed by atoms with van der Waals surface area (Å²) in [5.74, 6) is -0.295. The molecule has 0 fully saturated rings. The van der Waals surface area contributed by atoms with Crippen molar-refractivity contribution < 1.29 is 9.59 Å². The molecule has 2 aromatic rings. The number of hydrogen-bond donors (Lipinski definition) is 3. The van der Waals surface area contributed by atoms with Gasteiger partial charge in [-0.3, -0.25) is 4.79 Å². The number of rotatable bonds is 6. The van der Waals surface area contributed by atoms with Crippen LogP contribution < -0.4 is 16.4 Å². The predicted octanol–water partition coefficient (Wildman–Crippen LogP) is 2.47. The Kier molecular flexibility index (Phi) is 5.74. The lowest BCUT2D eigenvalue weighted by Crippen LogP contribution is -2.47. The molecular formula is C18H21N3O2. The van der Waals surface area contributed by atoms with Crippen molar-refractivity contribution in [1.29, 1.82) is 0 Å². The van der Waals surface area contributed by atoms with Gasteiger partial charge in [0.15, 0.2) is 0 Å². The predicted molar refractivity (Wildman–Crippen MR) is 91.1 cm³/mol. The molecule has 1 unspecified atom stereocenters. The van der Waals surface area contributed by atoms with Crippen LogP contribution in [0.4, 0.5) is 10.5 Å². The molecule has 120 valence electrons. The van der Waals surface area contributed by atoms with Crippen molar-refractivity contribution in [2.75, 3.05) is 5.32 Å². The second-order valence-corrected chi connectivity index (χ2v) is 5.29. The average molecular weight is 311 g/mol. The van der Waals surface area contributed by atoms with E-state index in [1.165, 1.54) is 5.56 Å². The van der Waals surface area contributed by atoms with Gasteiger partial charge in [-0.15, -0.1) is 0 Å². The number of benzene rings is 2. The molecule has 23 heavy (non-hydrogen) atoms. The molecule has 5 nitrogen and oxygen atoms in total. The lowest BCUT2D eigenvalue weighted by Gasteiger charge is -2.17. The van der Waals surface area contributed by atoms with Gasteiger partial charge >= 0.3 is 6.03 Å². The Bertz CT molecular complexity index is 654. The van der Waals surface area contributed by atoms with E-state index in [4.69, 9.17) is 5.73 Å². The van der Waals surface area contributed by atoms with Gasteiger partial charge < -0.3 is 16.4 Å². The number of carbonyl (C=O) groups excluding carboxylic acids is 2. The largest absolute Gasteiger partial charge is 0.352 e. The van der Waals surface area contributed by atoms with Gasteiger partial charge in [-0.2, -0.15) is 0 Å². The topological polar surface area (TPSA) is 84.2 Å². The summed E-state index contributed by atoms with van der Waals surface area (Å²) in [6.07, 6.45) is 1.32. The summed E-state index contributed by atoms with van der Waals surface area (Å²) in [5.41, 5.74) is 8.02. The zero-order chi connectivity index (χ0) is 16.7. The van der Waals surface area contributed by atoms with Crippen molar-refractivity contribution in [1.82, 2.24) is 5.32 Å². The van der Waals surface area contributed by atoms with E-state index >= 15 is 0 Å². The Morgan fingerprint density at radius 2 is 1.65 bits per heavy atom. The van der Waals surface area contributed by atoms with Crippen LogP contribution in [0.3, 0.4) is 0 Å². The van der Waals surface area contributed by atoms with Crippen LogP contribution in [-0.4, -0.2) is 18.0 Å². The van der Waals surface area contributed by atoms with Crippen LogP contribution in [0.5, 0.6) is 0 Å². The third-order valence-electron chi connectivity index (χ3n) is 3.55. The first-order valence-electron chi connectivity index (χ1n) is 7.58. The van der Waals surface area contributed by atoms with Crippen LogP contribution >= 0.6 is 0 Å². The molecule has 0 aliphatic rings. The van der Waals surface area contributed by atoms with Crippen LogP contribution in [0, 0.1) is 0 Å². The summed E-state index contributed by atoms with van der Waals surface area (Å²) in [7, 11) is 0. The summed E-state index contributed by atoms with van der Waals surface area (Å²) >= 11 is 0. The second-order valence-electron chi connectivity index (χ2n) is 5.29. The van der Waals surface area contributed by atoms with Crippen LogP contribution in [0.2, 0.25) is 0 Å². The maximum atomic E-state index is 12.4. The molecule has 0 saturated carbocycles. The van der Waals surface area contributed by atoms with Crippen molar-refractivity contribution in [3.63, 3.8) is 0 Å². The maximum absolute atomic E-state index is 12.4. The third kappa shape index (κ3) is 5.14. The standard InChI is InChI=1S/C18H21N3O2/c1-2-13-8-10-15(11-9-13)20-17(22)16(21-18(19)23)12-14-6-4-3-5-7-14/h3-11,16H,2,12H2,1H3,(H,20,22)(H3,19,21,23). The Hall–Kier alpha value is -2.82. The van der Waals surface area contributed by atoms with Crippen LogP contribution in [-0.2, 0) is 17.6 Å². The molecule has 0 saturated heterocycles. The SMILES string of the molecule is CCc1ccc(NC(=O)C(Cc2ccccc2)NC(N)=O)cc1. The number of aryl methyl sites for hydroxylation is 1. The first kappa shape index (κ1) is 16.5. The number of anilines is 1. The normalized spacial score (nSPS) is 11.5. The van der Waals surface area contributed by atoms with Gasteiger partial charge in [0.1, 0.15) is 6.04 Å². The molecular weight excluding hydrogens is 290 g/mol. The molecule has 2 aromatic carbocycles. The third-order valence-corrected chi connectivity index (χ3v) is 3.55. The van der Waals surface area contributed by atoms with Crippen molar-refractivity contribution in [2.45, 2.75) is 25.8 Å². The van der Waals surface area contributed by atoms with E-state index in [9.17, 15) is 9.59 Å². The van der Waals surface area contributed by atoms with E-state index in [2.05, 4.69) is 17.6 Å². The van der Waals surface area contributed by atoms with E-state index in [0.29, 0.717) is 12.1 Å². The van der Waals surface area contributed by atoms with Gasteiger partial charge in [-0.1, -0.05) is 49.4 Å². The summed E-state index contributed by atoms with van der Waals surface area (Å²) in [6, 6.07) is 15.7. The molecule has 0 spiro atoms. The highest BCUT2D eigenvalue weighted by Crippen LogP contribution is 2.11. The molecule has 0 bridgehead atoms. The van der Waals surface area contributed by atoms with E-state index in [-0.39, 0.29) is 5.91 Å². The number of nitrogens with one attached hydrogen (secondary N) is 2. The smallest absolute Gasteiger partial charge is 0.312 e. The van der Waals surface area contributed by atoms with E-state index < -0.39 is 12.1 Å². The molecule has 1 atom stereocenters.